The molecule has 0 radical (unpaired) electrons. The number of carboxylic acid groups (broad SMARTS) is 1. The molecule has 1 aromatic carbocycles. The van der Waals surface area contributed by atoms with Crippen LogP contribution in [-0.4, -0.2) is 36.2 Å². The van der Waals surface area contributed by atoms with Gasteiger partial charge in [-0.1, -0.05) is 36.2 Å². The van der Waals surface area contributed by atoms with Crippen molar-refractivity contribution in [2.45, 2.75) is 44.1 Å². The van der Waals surface area contributed by atoms with Crippen LogP contribution in [0.1, 0.15) is 38.2 Å². The fourth-order valence-corrected chi connectivity index (χ4v) is 3.46. The summed E-state index contributed by atoms with van der Waals surface area (Å²) in [6.45, 7) is 2.57. The van der Waals surface area contributed by atoms with Crippen LogP contribution in [0.2, 0.25) is 10.0 Å². The van der Waals surface area contributed by atoms with E-state index in [0.717, 1.165) is 12.8 Å². The average molecular weight is 386 g/mol. The standard InChI is InChI=1S/C18H21Cl2NO4/c1-17(4-5-17)10-25-9-14(15(22)23)21-16(24)18(6-7-18)12-3-2-11(19)8-13(12)20/h2-3,8,14H,4-7,9-10H2,1H3,(H,21,24)(H,22,23). The van der Waals surface area contributed by atoms with Crippen LogP contribution in [0.3, 0.4) is 0 Å². The Morgan fingerprint density at radius 1 is 1.28 bits per heavy atom. The normalized spacial score (nSPS) is 20.6. The van der Waals surface area contributed by atoms with E-state index in [1.165, 1.54) is 0 Å². The number of benzene rings is 1. The first-order valence-corrected chi connectivity index (χ1v) is 9.08. The van der Waals surface area contributed by atoms with Gasteiger partial charge in [-0.3, -0.25) is 4.79 Å². The molecule has 0 aliphatic heterocycles. The fraction of sp³-hybridized carbons (Fsp3) is 0.556. The van der Waals surface area contributed by atoms with Gasteiger partial charge in [-0.15, -0.1) is 0 Å². The number of ether oxygens (including phenoxy) is 1. The molecule has 3 rings (SSSR count). The lowest BCUT2D eigenvalue weighted by atomic mass is 9.94. The topological polar surface area (TPSA) is 75.6 Å². The Bertz CT molecular complexity index is 698. The molecule has 2 N–H and O–H groups in total. The van der Waals surface area contributed by atoms with E-state index in [1.54, 1.807) is 18.2 Å². The summed E-state index contributed by atoms with van der Waals surface area (Å²) in [6, 6.07) is 3.94. The largest absolute Gasteiger partial charge is 0.480 e. The Kier molecular flexibility index (Phi) is 5.02. The van der Waals surface area contributed by atoms with E-state index in [9.17, 15) is 14.7 Å². The molecule has 1 amide bonds. The zero-order valence-electron chi connectivity index (χ0n) is 14.0. The zero-order valence-corrected chi connectivity index (χ0v) is 15.5. The van der Waals surface area contributed by atoms with Crippen molar-refractivity contribution in [1.29, 1.82) is 0 Å². The van der Waals surface area contributed by atoms with Gasteiger partial charge in [0, 0.05) is 10.0 Å². The first kappa shape index (κ1) is 18.5. The molecule has 2 saturated carbocycles. The van der Waals surface area contributed by atoms with Crippen molar-refractivity contribution in [2.24, 2.45) is 5.41 Å². The van der Waals surface area contributed by atoms with Crippen LogP contribution < -0.4 is 5.32 Å². The number of amides is 1. The maximum Gasteiger partial charge on any atom is 0.328 e. The van der Waals surface area contributed by atoms with E-state index in [1.807, 2.05) is 0 Å². The predicted octanol–water partition coefficient (Wildman–Crippen LogP) is 3.41. The molecule has 0 spiro atoms. The van der Waals surface area contributed by atoms with E-state index < -0.39 is 17.4 Å². The van der Waals surface area contributed by atoms with Crippen LogP contribution in [0.15, 0.2) is 18.2 Å². The summed E-state index contributed by atoms with van der Waals surface area (Å²) in [4.78, 5) is 24.2. The van der Waals surface area contributed by atoms with Crippen LogP contribution >= 0.6 is 23.2 Å². The number of nitrogens with one attached hydrogen (secondary N) is 1. The van der Waals surface area contributed by atoms with Crippen molar-refractivity contribution >= 4 is 35.1 Å². The van der Waals surface area contributed by atoms with Gasteiger partial charge in [0.25, 0.3) is 0 Å². The Morgan fingerprint density at radius 3 is 2.48 bits per heavy atom. The highest BCUT2D eigenvalue weighted by atomic mass is 35.5. The smallest absolute Gasteiger partial charge is 0.328 e. The van der Waals surface area contributed by atoms with Crippen LogP contribution in [0.25, 0.3) is 0 Å². The number of carbonyl (C=O) groups is 2. The van der Waals surface area contributed by atoms with E-state index in [0.29, 0.717) is 35.1 Å². The van der Waals surface area contributed by atoms with Gasteiger partial charge in [0.15, 0.2) is 6.04 Å². The van der Waals surface area contributed by atoms with E-state index in [4.69, 9.17) is 27.9 Å². The van der Waals surface area contributed by atoms with E-state index in [2.05, 4.69) is 12.2 Å². The number of rotatable bonds is 8. The van der Waals surface area contributed by atoms with Crippen molar-refractivity contribution < 1.29 is 19.4 Å². The molecule has 2 aliphatic carbocycles. The minimum atomic E-state index is -1.10. The number of carboxylic acids is 1. The molecule has 25 heavy (non-hydrogen) atoms. The second-order valence-electron chi connectivity index (χ2n) is 7.40. The molecule has 0 aromatic heterocycles. The van der Waals surface area contributed by atoms with Crippen molar-refractivity contribution in [3.63, 3.8) is 0 Å². The summed E-state index contributed by atoms with van der Waals surface area (Å²) in [5.41, 5.74) is 0.0889. The molecule has 0 heterocycles. The molecular formula is C18H21Cl2NO4. The van der Waals surface area contributed by atoms with Gasteiger partial charge in [-0.05, 0) is 48.8 Å². The van der Waals surface area contributed by atoms with Crippen LogP contribution in [0.4, 0.5) is 0 Å². The highest BCUT2D eigenvalue weighted by Crippen LogP contribution is 2.51. The summed E-state index contributed by atoms with van der Waals surface area (Å²) >= 11 is 12.1. The lowest BCUT2D eigenvalue weighted by Crippen LogP contribution is -2.48. The lowest BCUT2D eigenvalue weighted by molar-refractivity contribution is -0.144. The van der Waals surface area contributed by atoms with E-state index >= 15 is 0 Å². The molecule has 0 saturated heterocycles. The Balaban J connectivity index is 1.65. The third kappa shape index (κ3) is 4.10. The van der Waals surface area contributed by atoms with Crippen molar-refractivity contribution in [3.8, 4) is 0 Å². The maximum absolute atomic E-state index is 12.7. The summed E-state index contributed by atoms with van der Waals surface area (Å²) in [5.74, 6) is -1.43. The molecular weight excluding hydrogens is 365 g/mol. The van der Waals surface area contributed by atoms with Gasteiger partial charge < -0.3 is 15.2 Å². The molecule has 7 heteroatoms. The highest BCUT2D eigenvalue weighted by Gasteiger charge is 2.53. The van der Waals surface area contributed by atoms with Crippen LogP contribution in [0.5, 0.6) is 0 Å². The average Bonchev–Trinajstić information content (AvgIpc) is 3.44. The van der Waals surface area contributed by atoms with E-state index in [-0.39, 0.29) is 17.9 Å². The number of halogens is 2. The van der Waals surface area contributed by atoms with Gasteiger partial charge >= 0.3 is 5.97 Å². The highest BCUT2D eigenvalue weighted by molar-refractivity contribution is 6.35. The number of aliphatic carboxylic acids is 1. The van der Waals surface area contributed by atoms with Crippen molar-refractivity contribution in [1.82, 2.24) is 5.32 Å². The zero-order chi connectivity index (χ0) is 18.2. The number of hydrogen-bond acceptors (Lipinski definition) is 3. The minimum Gasteiger partial charge on any atom is -0.480 e. The number of hydrogen-bond donors (Lipinski definition) is 2. The van der Waals surface area contributed by atoms with Gasteiger partial charge in [-0.2, -0.15) is 0 Å². The Morgan fingerprint density at radius 2 is 1.96 bits per heavy atom. The molecule has 2 fully saturated rings. The SMILES string of the molecule is CC1(COCC(NC(=O)C2(c3ccc(Cl)cc3Cl)CC2)C(=O)O)CC1. The first-order valence-electron chi connectivity index (χ1n) is 8.33. The second kappa shape index (κ2) is 6.78. The fourth-order valence-electron chi connectivity index (χ4n) is 2.87. The first-order chi connectivity index (χ1) is 11.8. The summed E-state index contributed by atoms with van der Waals surface area (Å²) in [7, 11) is 0. The predicted molar refractivity (Wildman–Crippen MR) is 95.1 cm³/mol. The third-order valence-corrected chi connectivity index (χ3v) is 5.62. The second-order valence-corrected chi connectivity index (χ2v) is 8.24. The molecule has 1 unspecified atom stereocenters. The molecule has 0 bridgehead atoms. The molecule has 1 atom stereocenters. The molecule has 2 aliphatic rings. The Hall–Kier alpha value is -1.30. The summed E-state index contributed by atoms with van der Waals surface area (Å²) < 4.78 is 5.52. The van der Waals surface area contributed by atoms with Gasteiger partial charge in [0.1, 0.15) is 0 Å². The van der Waals surface area contributed by atoms with Crippen LogP contribution in [-0.2, 0) is 19.7 Å². The molecule has 1 aromatic rings. The van der Waals surface area contributed by atoms with Crippen molar-refractivity contribution in [3.05, 3.63) is 33.8 Å². The van der Waals surface area contributed by atoms with Gasteiger partial charge in [-0.25, -0.2) is 4.79 Å². The van der Waals surface area contributed by atoms with Crippen molar-refractivity contribution in [2.75, 3.05) is 13.2 Å². The quantitative estimate of drug-likeness (QED) is 0.718. The molecule has 136 valence electrons. The van der Waals surface area contributed by atoms with Gasteiger partial charge in [0.2, 0.25) is 5.91 Å². The van der Waals surface area contributed by atoms with Crippen LogP contribution in [0, 0.1) is 5.41 Å². The third-order valence-electron chi connectivity index (χ3n) is 5.07. The minimum absolute atomic E-state index is 0.0406. The van der Waals surface area contributed by atoms with Gasteiger partial charge in [0.05, 0.1) is 18.6 Å². The number of carbonyl (C=O) groups excluding carboxylic acids is 1. The monoisotopic (exact) mass is 385 g/mol. The Labute approximate surface area is 156 Å². The maximum atomic E-state index is 12.7. The summed E-state index contributed by atoms with van der Waals surface area (Å²) in [6.07, 6.45) is 3.45. The summed E-state index contributed by atoms with van der Waals surface area (Å²) in [5, 5.41) is 12.9. The molecule has 5 nitrogen and oxygen atoms in total. The lowest BCUT2D eigenvalue weighted by Gasteiger charge is -2.21.